The maximum atomic E-state index is 12.3. The molecule has 0 aromatic carbocycles. The van der Waals surface area contributed by atoms with Crippen molar-refractivity contribution in [1.82, 2.24) is 4.98 Å². The Morgan fingerprint density at radius 2 is 2.62 bits per heavy atom. The summed E-state index contributed by atoms with van der Waals surface area (Å²) in [4.78, 5) is 3.79. The van der Waals surface area contributed by atoms with Gasteiger partial charge in [-0.2, -0.15) is 4.39 Å². The van der Waals surface area contributed by atoms with Crippen LogP contribution in [0.3, 0.4) is 0 Å². The monoisotopic (exact) mass is 149 g/mol. The molecule has 1 aromatic rings. The van der Waals surface area contributed by atoms with Crippen LogP contribution in [0, 0.1) is 5.13 Å². The molecule has 8 heavy (non-hydrogen) atoms. The molecule has 1 unspecified atom stereocenters. The molecule has 0 saturated heterocycles. The van der Waals surface area contributed by atoms with Crippen LogP contribution in [0.2, 0.25) is 0 Å². The molecule has 0 radical (unpaired) electrons. The Morgan fingerprint density at radius 1 is 1.88 bits per heavy atom. The third kappa shape index (κ3) is 1.04. The van der Waals surface area contributed by atoms with Gasteiger partial charge in [0.2, 0.25) is 5.13 Å². The summed E-state index contributed by atoms with van der Waals surface area (Å²) in [5.74, 6) is 0. The van der Waals surface area contributed by atoms with Crippen molar-refractivity contribution in [2.24, 2.45) is 0 Å². The van der Waals surface area contributed by atoms with Crippen LogP contribution in [0.1, 0.15) is 0 Å². The summed E-state index contributed by atoms with van der Waals surface area (Å²) in [7, 11) is 0.478. The Morgan fingerprint density at radius 3 is 2.88 bits per heavy atom. The zero-order valence-electron chi connectivity index (χ0n) is 4.31. The molecule has 0 amide bonds. The first-order valence-corrected chi connectivity index (χ1v) is 4.49. The minimum absolute atomic E-state index is 0.133. The van der Waals surface area contributed by atoms with Crippen molar-refractivity contribution in [2.75, 3.05) is 6.66 Å². The molecule has 1 aromatic heterocycles. The van der Waals surface area contributed by atoms with Crippen molar-refractivity contribution >= 4 is 25.4 Å². The van der Waals surface area contributed by atoms with E-state index in [0.29, 0.717) is 14.0 Å². The van der Waals surface area contributed by atoms with Crippen molar-refractivity contribution < 1.29 is 4.39 Å². The first kappa shape index (κ1) is 6.12. The van der Waals surface area contributed by atoms with Crippen LogP contribution in [-0.2, 0) is 0 Å². The zero-order chi connectivity index (χ0) is 5.98. The molecule has 0 aliphatic heterocycles. The largest absolute Gasteiger partial charge is 0.242 e. The van der Waals surface area contributed by atoms with Crippen LogP contribution < -0.4 is 5.44 Å². The summed E-state index contributed by atoms with van der Waals surface area (Å²) in [5.41, 5.74) is 2.14. The molecule has 0 spiro atoms. The molecule has 0 aliphatic carbocycles. The Balaban J connectivity index is 2.92. The van der Waals surface area contributed by atoms with E-state index in [1.807, 2.05) is 6.66 Å². The number of aromatic nitrogens is 1. The highest BCUT2D eigenvalue weighted by Crippen LogP contribution is 2.09. The van der Waals surface area contributed by atoms with E-state index < -0.39 is 0 Å². The van der Waals surface area contributed by atoms with E-state index in [0.717, 1.165) is 11.3 Å². The lowest BCUT2D eigenvalue weighted by molar-refractivity contribution is 0.663. The average molecular weight is 149 g/mol. The van der Waals surface area contributed by atoms with E-state index in [1.54, 1.807) is 0 Å². The molecule has 1 atom stereocenters. The maximum Gasteiger partial charge on any atom is 0.203 e. The Bertz CT molecular complexity index is 176. The van der Waals surface area contributed by atoms with Crippen LogP contribution in [-0.4, -0.2) is 11.6 Å². The molecule has 0 aliphatic rings. The zero-order valence-corrected chi connectivity index (χ0v) is 6.13. The second kappa shape index (κ2) is 2.51. The molecule has 44 valence electrons. The lowest BCUT2D eigenvalue weighted by atomic mass is 11.0. The number of hydrogen-bond acceptors (Lipinski definition) is 2. The summed E-state index contributed by atoms with van der Waals surface area (Å²) < 4.78 is 12.3. The first-order chi connectivity index (χ1) is 3.84. The third-order valence-corrected chi connectivity index (χ3v) is 2.38. The van der Waals surface area contributed by atoms with Crippen LogP contribution in [0.5, 0.6) is 0 Å². The fraction of sp³-hybridized carbons (Fsp3) is 0.250. The number of thiazole rings is 1. The van der Waals surface area contributed by atoms with E-state index in [2.05, 4.69) is 4.98 Å². The molecule has 1 nitrogen and oxygen atoms in total. The van der Waals surface area contributed by atoms with Crippen LogP contribution in [0.15, 0.2) is 5.51 Å². The molecule has 0 saturated carbocycles. The van der Waals surface area contributed by atoms with Gasteiger partial charge >= 0.3 is 0 Å². The van der Waals surface area contributed by atoms with Crippen LogP contribution in [0.4, 0.5) is 4.39 Å². The second-order valence-electron chi connectivity index (χ2n) is 1.22. The van der Waals surface area contributed by atoms with Crippen molar-refractivity contribution in [3.8, 4) is 0 Å². The van der Waals surface area contributed by atoms with Gasteiger partial charge in [0, 0.05) is 0 Å². The SMILES string of the molecule is CPc1ncsc1F. The predicted octanol–water partition coefficient (Wildman–Crippen LogP) is 1.22. The van der Waals surface area contributed by atoms with E-state index in [4.69, 9.17) is 0 Å². The van der Waals surface area contributed by atoms with Crippen molar-refractivity contribution in [2.45, 2.75) is 0 Å². The molecule has 0 bridgehead atoms. The van der Waals surface area contributed by atoms with E-state index in [9.17, 15) is 4.39 Å². The van der Waals surface area contributed by atoms with Gasteiger partial charge in [-0.05, 0) is 6.66 Å². The van der Waals surface area contributed by atoms with Gasteiger partial charge in [0.05, 0.1) is 5.51 Å². The van der Waals surface area contributed by atoms with Crippen molar-refractivity contribution in [1.29, 1.82) is 0 Å². The second-order valence-corrected chi connectivity index (χ2v) is 3.00. The molecule has 1 heterocycles. The van der Waals surface area contributed by atoms with E-state index in [-0.39, 0.29) is 5.13 Å². The fourth-order valence-electron chi connectivity index (χ4n) is 0.395. The molecule has 0 fully saturated rings. The van der Waals surface area contributed by atoms with Crippen molar-refractivity contribution in [3.63, 3.8) is 0 Å². The third-order valence-electron chi connectivity index (χ3n) is 0.761. The standard InChI is InChI=1S/C4H5FNPS/c1-7-4-3(5)8-2-6-4/h2,7H,1H3. The lowest BCUT2D eigenvalue weighted by Gasteiger charge is -1.82. The predicted molar refractivity (Wildman–Crippen MR) is 35.9 cm³/mol. The van der Waals surface area contributed by atoms with Crippen LogP contribution >= 0.6 is 19.9 Å². The summed E-state index contributed by atoms with van der Waals surface area (Å²) in [6.45, 7) is 1.91. The van der Waals surface area contributed by atoms with Crippen molar-refractivity contribution in [3.05, 3.63) is 10.6 Å². The minimum Gasteiger partial charge on any atom is -0.242 e. The normalized spacial score (nSPS) is 11.2. The Hall–Kier alpha value is -0.0100. The lowest BCUT2D eigenvalue weighted by Crippen LogP contribution is -1.96. The molecular formula is C4H5FNPS. The van der Waals surface area contributed by atoms with Gasteiger partial charge in [0.25, 0.3) is 0 Å². The highest BCUT2D eigenvalue weighted by atomic mass is 32.1. The minimum atomic E-state index is -0.133. The highest BCUT2D eigenvalue weighted by Gasteiger charge is 1.99. The van der Waals surface area contributed by atoms with Gasteiger partial charge in [0.15, 0.2) is 0 Å². The maximum absolute atomic E-state index is 12.3. The quantitative estimate of drug-likeness (QED) is 0.547. The number of halogens is 1. The molecular weight excluding hydrogens is 144 g/mol. The number of hydrogen-bond donors (Lipinski definition) is 0. The number of nitrogens with zero attached hydrogens (tertiary/aromatic N) is 1. The first-order valence-electron chi connectivity index (χ1n) is 2.11. The molecule has 0 N–H and O–H groups in total. The van der Waals surface area contributed by atoms with Gasteiger partial charge < -0.3 is 0 Å². The fourth-order valence-corrected chi connectivity index (χ4v) is 1.78. The van der Waals surface area contributed by atoms with E-state index >= 15 is 0 Å². The summed E-state index contributed by atoms with van der Waals surface area (Å²) in [6.07, 6.45) is 0. The van der Waals surface area contributed by atoms with Gasteiger partial charge in [-0.1, -0.05) is 19.9 Å². The van der Waals surface area contributed by atoms with E-state index in [1.165, 1.54) is 5.51 Å². The van der Waals surface area contributed by atoms with Gasteiger partial charge in [0.1, 0.15) is 5.44 Å². The molecule has 1 rings (SSSR count). The smallest absolute Gasteiger partial charge is 0.203 e. The summed E-state index contributed by atoms with van der Waals surface area (Å²) >= 11 is 1.06. The van der Waals surface area contributed by atoms with Gasteiger partial charge in [-0.15, -0.1) is 0 Å². The molecule has 4 heteroatoms. The van der Waals surface area contributed by atoms with Crippen LogP contribution in [0.25, 0.3) is 0 Å². The Kier molecular flexibility index (Phi) is 1.92. The number of rotatable bonds is 1. The average Bonchev–Trinajstić information content (AvgIpc) is 2.14. The summed E-state index contributed by atoms with van der Waals surface area (Å²) in [5, 5.41) is -0.133. The Labute approximate surface area is 52.7 Å². The van der Waals surface area contributed by atoms with Gasteiger partial charge in [-0.3, -0.25) is 0 Å². The highest BCUT2D eigenvalue weighted by molar-refractivity contribution is 7.46. The summed E-state index contributed by atoms with van der Waals surface area (Å²) in [6, 6.07) is 0. The van der Waals surface area contributed by atoms with Gasteiger partial charge in [-0.25, -0.2) is 4.98 Å². The topological polar surface area (TPSA) is 12.9 Å².